The van der Waals surface area contributed by atoms with Gasteiger partial charge < -0.3 is 20.1 Å². The SMILES string of the molecule is COC[C@H](C)NC1CCC(Cc2cc(-c3cccc(NC[C@H]4CCOC(C)(C)C4)n3)c(Cl)cn2)CC1. The molecule has 1 aliphatic heterocycles. The topological polar surface area (TPSA) is 68.3 Å². The van der Waals surface area contributed by atoms with Gasteiger partial charge in [-0.2, -0.15) is 0 Å². The molecule has 36 heavy (non-hydrogen) atoms. The third kappa shape index (κ3) is 7.88. The zero-order valence-corrected chi connectivity index (χ0v) is 23.1. The number of nitrogens with one attached hydrogen (secondary N) is 2. The van der Waals surface area contributed by atoms with Crippen LogP contribution in [0.3, 0.4) is 0 Å². The lowest BCUT2D eigenvalue weighted by Crippen LogP contribution is -2.41. The van der Waals surface area contributed by atoms with E-state index in [4.69, 9.17) is 26.1 Å². The van der Waals surface area contributed by atoms with Crippen LogP contribution in [0.15, 0.2) is 30.5 Å². The van der Waals surface area contributed by atoms with Crippen LogP contribution in [-0.2, 0) is 15.9 Å². The smallest absolute Gasteiger partial charge is 0.126 e. The van der Waals surface area contributed by atoms with Gasteiger partial charge in [0.15, 0.2) is 0 Å². The van der Waals surface area contributed by atoms with Crippen molar-refractivity contribution in [1.29, 1.82) is 0 Å². The maximum Gasteiger partial charge on any atom is 0.126 e. The normalized spacial score (nSPS) is 24.9. The maximum absolute atomic E-state index is 6.59. The highest BCUT2D eigenvalue weighted by atomic mass is 35.5. The molecule has 4 rings (SSSR count). The van der Waals surface area contributed by atoms with E-state index in [2.05, 4.69) is 42.5 Å². The lowest BCUT2D eigenvalue weighted by molar-refractivity contribution is -0.0699. The molecule has 2 aromatic rings. The summed E-state index contributed by atoms with van der Waals surface area (Å²) >= 11 is 6.59. The summed E-state index contributed by atoms with van der Waals surface area (Å²) in [5.74, 6) is 2.13. The zero-order valence-electron chi connectivity index (χ0n) is 22.4. The molecule has 1 saturated carbocycles. The summed E-state index contributed by atoms with van der Waals surface area (Å²) in [6, 6.07) is 9.24. The number of hydrogen-bond donors (Lipinski definition) is 2. The van der Waals surface area contributed by atoms with Crippen molar-refractivity contribution in [1.82, 2.24) is 15.3 Å². The molecule has 0 bridgehead atoms. The van der Waals surface area contributed by atoms with Crippen molar-refractivity contribution in [3.63, 3.8) is 0 Å². The average Bonchev–Trinajstić information content (AvgIpc) is 2.85. The molecule has 1 aliphatic carbocycles. The van der Waals surface area contributed by atoms with Crippen molar-refractivity contribution in [2.75, 3.05) is 32.2 Å². The Kier molecular flexibility index (Phi) is 9.62. The molecule has 0 spiro atoms. The number of nitrogens with zero attached hydrogens (tertiary/aromatic N) is 2. The van der Waals surface area contributed by atoms with Crippen LogP contribution in [0.25, 0.3) is 11.3 Å². The molecule has 3 heterocycles. The fourth-order valence-corrected chi connectivity index (χ4v) is 5.98. The van der Waals surface area contributed by atoms with Crippen LogP contribution in [0.2, 0.25) is 5.02 Å². The lowest BCUT2D eigenvalue weighted by atomic mass is 9.83. The molecule has 2 fully saturated rings. The third-order valence-electron chi connectivity index (χ3n) is 7.59. The van der Waals surface area contributed by atoms with Crippen LogP contribution >= 0.6 is 11.6 Å². The average molecular weight is 515 g/mol. The second kappa shape index (κ2) is 12.7. The van der Waals surface area contributed by atoms with Crippen LogP contribution in [0.5, 0.6) is 0 Å². The summed E-state index contributed by atoms with van der Waals surface area (Å²) in [4.78, 5) is 9.56. The summed E-state index contributed by atoms with van der Waals surface area (Å²) in [7, 11) is 1.76. The van der Waals surface area contributed by atoms with Gasteiger partial charge in [0, 0.05) is 49.8 Å². The van der Waals surface area contributed by atoms with E-state index in [0.29, 0.717) is 28.9 Å². The fourth-order valence-electron chi connectivity index (χ4n) is 5.78. The molecule has 2 aromatic heterocycles. The zero-order chi connectivity index (χ0) is 25.5. The van der Waals surface area contributed by atoms with E-state index in [1.807, 2.05) is 18.2 Å². The van der Waals surface area contributed by atoms with Crippen molar-refractivity contribution in [2.45, 2.75) is 83.4 Å². The highest BCUT2D eigenvalue weighted by Crippen LogP contribution is 2.32. The first-order valence-electron chi connectivity index (χ1n) is 13.6. The van der Waals surface area contributed by atoms with Crippen molar-refractivity contribution in [3.8, 4) is 11.3 Å². The monoisotopic (exact) mass is 514 g/mol. The minimum atomic E-state index is -0.0426. The van der Waals surface area contributed by atoms with Gasteiger partial charge in [0.05, 0.1) is 22.9 Å². The molecule has 6 nitrogen and oxygen atoms in total. The number of pyridine rings is 2. The lowest BCUT2D eigenvalue weighted by Gasteiger charge is -2.35. The van der Waals surface area contributed by atoms with E-state index >= 15 is 0 Å². The Balaban J connectivity index is 1.34. The van der Waals surface area contributed by atoms with Gasteiger partial charge in [-0.15, -0.1) is 0 Å². The van der Waals surface area contributed by atoms with Crippen LogP contribution in [0.1, 0.15) is 65.0 Å². The molecule has 0 radical (unpaired) electrons. The molecule has 0 aromatic carbocycles. The Morgan fingerprint density at radius 3 is 2.72 bits per heavy atom. The quantitative estimate of drug-likeness (QED) is 0.397. The summed E-state index contributed by atoms with van der Waals surface area (Å²) in [6.07, 6.45) is 9.77. The minimum absolute atomic E-state index is 0.0426. The number of ether oxygens (including phenoxy) is 2. The molecule has 2 atom stereocenters. The molecular formula is C29H43ClN4O2. The van der Waals surface area contributed by atoms with Gasteiger partial charge in [-0.1, -0.05) is 17.7 Å². The first-order chi connectivity index (χ1) is 17.3. The Morgan fingerprint density at radius 1 is 1.17 bits per heavy atom. The van der Waals surface area contributed by atoms with Gasteiger partial charge in [0.1, 0.15) is 5.82 Å². The van der Waals surface area contributed by atoms with Crippen LogP contribution in [-0.4, -0.2) is 54.5 Å². The highest BCUT2D eigenvalue weighted by molar-refractivity contribution is 6.33. The number of halogens is 1. The van der Waals surface area contributed by atoms with Gasteiger partial charge in [-0.25, -0.2) is 4.98 Å². The molecule has 0 unspecified atom stereocenters. The Morgan fingerprint density at radius 2 is 1.97 bits per heavy atom. The van der Waals surface area contributed by atoms with Crippen molar-refractivity contribution in [3.05, 3.63) is 41.2 Å². The number of aromatic nitrogens is 2. The molecule has 7 heteroatoms. The summed E-state index contributed by atoms with van der Waals surface area (Å²) in [5.41, 5.74) is 2.91. The van der Waals surface area contributed by atoms with E-state index in [-0.39, 0.29) is 5.60 Å². The van der Waals surface area contributed by atoms with E-state index < -0.39 is 0 Å². The van der Waals surface area contributed by atoms with Gasteiger partial charge >= 0.3 is 0 Å². The number of methoxy groups -OCH3 is 1. The standard InChI is InChI=1S/C29H43ClN4O2/c1-20(19-35-4)33-23-10-8-21(9-11-23)14-24-15-25(26(30)18-31-24)27-6-5-7-28(34-27)32-17-22-12-13-36-29(2,3)16-22/h5-7,15,18,20-23,33H,8-14,16-17,19H2,1-4H3,(H,32,34)/t20-,21?,22-,23?/m0/s1. The van der Waals surface area contributed by atoms with Gasteiger partial charge in [-0.3, -0.25) is 4.98 Å². The Bertz CT molecular complexity index is 977. The first kappa shape index (κ1) is 27.3. The summed E-state index contributed by atoms with van der Waals surface area (Å²) in [6.45, 7) is 9.03. The van der Waals surface area contributed by atoms with E-state index in [1.165, 1.54) is 25.7 Å². The van der Waals surface area contributed by atoms with Crippen molar-refractivity contribution in [2.24, 2.45) is 11.8 Å². The first-order valence-corrected chi connectivity index (χ1v) is 13.9. The highest BCUT2D eigenvalue weighted by Gasteiger charge is 2.28. The number of hydrogen-bond acceptors (Lipinski definition) is 6. The van der Waals surface area contributed by atoms with Crippen molar-refractivity contribution < 1.29 is 9.47 Å². The van der Waals surface area contributed by atoms with Crippen LogP contribution in [0, 0.1) is 11.8 Å². The molecule has 198 valence electrons. The Hall–Kier alpha value is -1.73. The Labute approximate surface area is 221 Å². The summed E-state index contributed by atoms with van der Waals surface area (Å²) < 4.78 is 11.1. The maximum atomic E-state index is 6.59. The van der Waals surface area contributed by atoms with Gasteiger partial charge in [0.25, 0.3) is 0 Å². The third-order valence-corrected chi connectivity index (χ3v) is 7.89. The summed E-state index contributed by atoms with van der Waals surface area (Å²) in [5, 5.41) is 7.90. The second-order valence-electron chi connectivity index (χ2n) is 11.4. The largest absolute Gasteiger partial charge is 0.383 e. The fraction of sp³-hybridized carbons (Fsp3) is 0.655. The molecular weight excluding hydrogens is 472 g/mol. The van der Waals surface area contributed by atoms with Crippen LogP contribution < -0.4 is 10.6 Å². The van der Waals surface area contributed by atoms with Gasteiger partial charge in [-0.05, 0) is 95.8 Å². The van der Waals surface area contributed by atoms with E-state index in [0.717, 1.165) is 61.8 Å². The molecule has 2 aliphatic rings. The van der Waals surface area contributed by atoms with Crippen LogP contribution in [0.4, 0.5) is 5.82 Å². The van der Waals surface area contributed by atoms with Crippen molar-refractivity contribution >= 4 is 17.4 Å². The second-order valence-corrected chi connectivity index (χ2v) is 11.8. The number of anilines is 1. The number of rotatable bonds is 10. The minimum Gasteiger partial charge on any atom is -0.383 e. The molecule has 0 amide bonds. The predicted molar refractivity (Wildman–Crippen MR) is 148 cm³/mol. The molecule has 2 N–H and O–H groups in total. The van der Waals surface area contributed by atoms with E-state index in [9.17, 15) is 0 Å². The predicted octanol–water partition coefficient (Wildman–Crippen LogP) is 6.14. The van der Waals surface area contributed by atoms with E-state index in [1.54, 1.807) is 13.3 Å². The molecule has 1 saturated heterocycles. The van der Waals surface area contributed by atoms with Gasteiger partial charge in [0.2, 0.25) is 0 Å².